The van der Waals surface area contributed by atoms with Crippen LogP contribution in [0.2, 0.25) is 15.1 Å². The maximum atomic E-state index is 12.9. The maximum absolute atomic E-state index is 12.9. The topological polar surface area (TPSA) is 32.3 Å². The number of carbonyl (C=O) groups is 1. The molecular formula is C20H17Cl3N2O. The molecule has 1 heterocycles. The fraction of sp³-hybridized carbons (Fsp3) is 0.150. The summed E-state index contributed by atoms with van der Waals surface area (Å²) in [5, 5.41) is 2.78. The molecule has 2 aromatic carbocycles. The van der Waals surface area contributed by atoms with Gasteiger partial charge in [-0.15, -0.1) is 0 Å². The van der Waals surface area contributed by atoms with E-state index >= 15 is 0 Å². The molecule has 0 radical (unpaired) electrons. The van der Waals surface area contributed by atoms with E-state index in [1.807, 2.05) is 49.5 Å². The van der Waals surface area contributed by atoms with Gasteiger partial charge in [0.05, 0.1) is 15.6 Å². The number of allylic oxidation sites excluding steroid dienone is 3. The molecule has 26 heavy (non-hydrogen) atoms. The molecule has 0 saturated heterocycles. The Morgan fingerprint density at radius 3 is 2.46 bits per heavy atom. The van der Waals surface area contributed by atoms with Crippen LogP contribution in [-0.2, 0) is 6.42 Å². The van der Waals surface area contributed by atoms with Gasteiger partial charge in [-0.25, -0.2) is 0 Å². The van der Waals surface area contributed by atoms with Crippen molar-refractivity contribution in [3.8, 4) is 0 Å². The van der Waals surface area contributed by atoms with Crippen LogP contribution in [0.25, 0.3) is 0 Å². The number of carbonyl (C=O) groups excluding carboxylic acids is 1. The van der Waals surface area contributed by atoms with E-state index in [-0.39, 0.29) is 21.4 Å². The Hall–Kier alpha value is -1.94. The first-order chi connectivity index (χ1) is 12.3. The van der Waals surface area contributed by atoms with Crippen LogP contribution in [0.15, 0.2) is 54.4 Å². The van der Waals surface area contributed by atoms with Crippen molar-refractivity contribution >= 4 is 40.6 Å². The highest BCUT2D eigenvalue weighted by molar-refractivity contribution is 6.43. The standard InChI is InChI=1S/C20H17Cl3N2O/c1-12-5-6-13(8-14(12)9-16-4-3-7-25(2)24-16)20(26)19-17(22)10-15(21)11-18(19)23/h3-8,10-11,24H,9H2,1-2H3. The van der Waals surface area contributed by atoms with E-state index in [0.29, 0.717) is 17.0 Å². The van der Waals surface area contributed by atoms with Crippen molar-refractivity contribution < 1.29 is 4.79 Å². The van der Waals surface area contributed by atoms with Crippen LogP contribution in [-0.4, -0.2) is 17.8 Å². The Bertz CT molecular complexity index is 912. The van der Waals surface area contributed by atoms with Gasteiger partial charge in [0.25, 0.3) is 0 Å². The molecule has 0 aromatic heterocycles. The minimum absolute atomic E-state index is 0.222. The van der Waals surface area contributed by atoms with Crippen LogP contribution in [0.4, 0.5) is 0 Å². The molecule has 0 saturated carbocycles. The van der Waals surface area contributed by atoms with Crippen molar-refractivity contribution in [2.45, 2.75) is 13.3 Å². The molecule has 1 aliphatic rings. The lowest BCUT2D eigenvalue weighted by molar-refractivity contribution is 0.103. The van der Waals surface area contributed by atoms with Gasteiger partial charge in [0.1, 0.15) is 0 Å². The second-order valence-electron chi connectivity index (χ2n) is 6.15. The van der Waals surface area contributed by atoms with E-state index in [0.717, 1.165) is 16.8 Å². The SMILES string of the molecule is Cc1ccc(C(=O)c2c(Cl)cc(Cl)cc2Cl)cc1CC1=CC=CN(C)N1. The second-order valence-corrected chi connectivity index (χ2v) is 7.40. The molecule has 1 aliphatic heterocycles. The predicted octanol–water partition coefficient (Wildman–Crippen LogP) is 5.58. The van der Waals surface area contributed by atoms with Crippen molar-refractivity contribution in [2.24, 2.45) is 0 Å². The highest BCUT2D eigenvalue weighted by Gasteiger charge is 2.19. The quantitative estimate of drug-likeness (QED) is 0.672. The second kappa shape index (κ2) is 7.75. The average molecular weight is 408 g/mol. The van der Waals surface area contributed by atoms with Crippen molar-refractivity contribution in [2.75, 3.05) is 7.05 Å². The third-order valence-corrected chi connectivity index (χ3v) is 4.97. The molecule has 3 nitrogen and oxygen atoms in total. The van der Waals surface area contributed by atoms with E-state index in [9.17, 15) is 4.79 Å². The van der Waals surface area contributed by atoms with E-state index in [2.05, 4.69) is 5.43 Å². The van der Waals surface area contributed by atoms with Crippen LogP contribution in [0.5, 0.6) is 0 Å². The van der Waals surface area contributed by atoms with Gasteiger partial charge < -0.3 is 5.43 Å². The molecule has 0 spiro atoms. The minimum Gasteiger partial charge on any atom is -0.303 e. The molecule has 0 amide bonds. The molecule has 0 aliphatic carbocycles. The number of rotatable bonds is 4. The minimum atomic E-state index is -0.222. The Morgan fingerprint density at radius 2 is 1.81 bits per heavy atom. The summed E-state index contributed by atoms with van der Waals surface area (Å²) < 4.78 is 0. The summed E-state index contributed by atoms with van der Waals surface area (Å²) in [4.78, 5) is 12.9. The van der Waals surface area contributed by atoms with Gasteiger partial charge in [-0.1, -0.05) is 46.9 Å². The summed E-state index contributed by atoms with van der Waals surface area (Å²) in [7, 11) is 1.93. The molecule has 6 heteroatoms. The Morgan fingerprint density at radius 1 is 1.12 bits per heavy atom. The van der Waals surface area contributed by atoms with Crippen molar-refractivity contribution in [1.82, 2.24) is 10.4 Å². The molecule has 0 atom stereocenters. The van der Waals surface area contributed by atoms with Gasteiger partial charge in [-0.2, -0.15) is 0 Å². The van der Waals surface area contributed by atoms with Crippen molar-refractivity contribution in [3.63, 3.8) is 0 Å². The number of nitrogens with one attached hydrogen (secondary N) is 1. The molecule has 3 rings (SSSR count). The van der Waals surface area contributed by atoms with E-state index in [1.165, 1.54) is 12.1 Å². The number of ketones is 1. The number of hydrazine groups is 1. The molecule has 0 fully saturated rings. The number of nitrogens with zero attached hydrogens (tertiary/aromatic N) is 1. The van der Waals surface area contributed by atoms with E-state index in [1.54, 1.807) is 6.07 Å². The molecule has 134 valence electrons. The predicted molar refractivity (Wildman–Crippen MR) is 108 cm³/mol. The van der Waals surface area contributed by atoms with Crippen LogP contribution in [0, 0.1) is 6.92 Å². The van der Waals surface area contributed by atoms with Gasteiger partial charge in [-0.3, -0.25) is 9.80 Å². The summed E-state index contributed by atoms with van der Waals surface area (Å²) in [5.41, 5.74) is 7.28. The van der Waals surface area contributed by atoms with Crippen LogP contribution >= 0.6 is 34.8 Å². The first-order valence-electron chi connectivity index (χ1n) is 8.01. The molecular weight excluding hydrogens is 391 g/mol. The zero-order chi connectivity index (χ0) is 18.8. The van der Waals surface area contributed by atoms with Gasteiger partial charge in [-0.05, 0) is 48.4 Å². The van der Waals surface area contributed by atoms with Crippen molar-refractivity contribution in [3.05, 3.63) is 91.7 Å². The Labute approximate surface area is 167 Å². The van der Waals surface area contributed by atoms with Crippen LogP contribution in [0.1, 0.15) is 27.0 Å². The highest BCUT2D eigenvalue weighted by Crippen LogP contribution is 2.31. The zero-order valence-electron chi connectivity index (χ0n) is 14.3. The monoisotopic (exact) mass is 406 g/mol. The normalized spacial score (nSPS) is 13.4. The van der Waals surface area contributed by atoms with E-state index in [4.69, 9.17) is 34.8 Å². The number of hydrogen-bond acceptors (Lipinski definition) is 3. The summed E-state index contributed by atoms with van der Waals surface area (Å²) in [5.74, 6) is -0.222. The first-order valence-corrected chi connectivity index (χ1v) is 9.14. The number of aryl methyl sites for hydroxylation is 1. The van der Waals surface area contributed by atoms with Crippen LogP contribution in [0.3, 0.4) is 0 Å². The molecule has 2 aromatic rings. The van der Waals surface area contributed by atoms with Crippen LogP contribution < -0.4 is 5.43 Å². The average Bonchev–Trinajstić information content (AvgIpc) is 2.56. The fourth-order valence-corrected chi connectivity index (χ4v) is 3.79. The number of hydrogen-bond donors (Lipinski definition) is 1. The van der Waals surface area contributed by atoms with Gasteiger partial charge in [0, 0.05) is 36.0 Å². The number of benzene rings is 2. The zero-order valence-corrected chi connectivity index (χ0v) is 16.6. The summed E-state index contributed by atoms with van der Waals surface area (Å²) in [6.07, 6.45) is 6.61. The Balaban J connectivity index is 1.94. The molecule has 0 bridgehead atoms. The molecule has 1 N–H and O–H groups in total. The third kappa shape index (κ3) is 4.07. The lowest BCUT2D eigenvalue weighted by Gasteiger charge is -2.23. The maximum Gasteiger partial charge on any atom is 0.196 e. The summed E-state index contributed by atoms with van der Waals surface area (Å²) >= 11 is 18.3. The summed E-state index contributed by atoms with van der Waals surface area (Å²) in [6.45, 7) is 2.02. The van der Waals surface area contributed by atoms with E-state index < -0.39 is 0 Å². The van der Waals surface area contributed by atoms with Gasteiger partial charge in [0.15, 0.2) is 5.78 Å². The van der Waals surface area contributed by atoms with Gasteiger partial charge >= 0.3 is 0 Å². The first kappa shape index (κ1) is 18.8. The lowest BCUT2D eigenvalue weighted by Crippen LogP contribution is -2.31. The smallest absolute Gasteiger partial charge is 0.196 e. The fourth-order valence-electron chi connectivity index (χ4n) is 2.80. The Kier molecular flexibility index (Phi) is 5.61. The molecule has 0 unspecified atom stereocenters. The van der Waals surface area contributed by atoms with Crippen molar-refractivity contribution in [1.29, 1.82) is 0 Å². The third-order valence-electron chi connectivity index (χ3n) is 4.15. The number of halogens is 3. The summed E-state index contributed by atoms with van der Waals surface area (Å²) in [6, 6.07) is 8.66. The highest BCUT2D eigenvalue weighted by atomic mass is 35.5. The van der Waals surface area contributed by atoms with Gasteiger partial charge in [0.2, 0.25) is 0 Å². The lowest BCUT2D eigenvalue weighted by atomic mass is 9.96. The largest absolute Gasteiger partial charge is 0.303 e.